The van der Waals surface area contributed by atoms with Crippen LogP contribution >= 0.6 is 15.9 Å². The number of aliphatic hydroxyl groups is 1. The van der Waals surface area contributed by atoms with Gasteiger partial charge in [0.25, 0.3) is 0 Å². The van der Waals surface area contributed by atoms with E-state index in [0.717, 1.165) is 10.2 Å². The molecule has 0 saturated carbocycles. The molecule has 1 saturated heterocycles. The fourth-order valence-electron chi connectivity index (χ4n) is 2.30. The van der Waals surface area contributed by atoms with Gasteiger partial charge in [-0.25, -0.2) is 0 Å². The van der Waals surface area contributed by atoms with Crippen LogP contribution in [0.3, 0.4) is 0 Å². The SMILES string of the molecule is CN(CC1(O)CCOCC1)c1cc(Br)cc(C#N)c1. The maximum atomic E-state index is 10.5. The fourth-order valence-corrected chi connectivity index (χ4v) is 2.78. The Labute approximate surface area is 121 Å². The van der Waals surface area contributed by atoms with Gasteiger partial charge < -0.3 is 14.7 Å². The van der Waals surface area contributed by atoms with Crippen LogP contribution in [-0.4, -0.2) is 37.5 Å². The topological polar surface area (TPSA) is 56.5 Å². The lowest BCUT2D eigenvalue weighted by molar-refractivity contribution is -0.0572. The number of nitrogens with zero attached hydrogens (tertiary/aromatic N) is 2. The smallest absolute Gasteiger partial charge is 0.0992 e. The Bertz CT molecular complexity index is 493. The number of hydrogen-bond donors (Lipinski definition) is 1. The van der Waals surface area contributed by atoms with E-state index in [4.69, 9.17) is 10.00 Å². The lowest BCUT2D eigenvalue weighted by Crippen LogP contribution is -2.45. The minimum absolute atomic E-state index is 0.539. The van der Waals surface area contributed by atoms with Crippen molar-refractivity contribution in [2.75, 3.05) is 31.7 Å². The molecule has 0 spiro atoms. The summed E-state index contributed by atoms with van der Waals surface area (Å²) in [6, 6.07) is 7.69. The predicted molar refractivity (Wildman–Crippen MR) is 77.1 cm³/mol. The van der Waals surface area contributed by atoms with Gasteiger partial charge in [0, 0.05) is 49.8 Å². The van der Waals surface area contributed by atoms with Crippen molar-refractivity contribution in [1.29, 1.82) is 5.26 Å². The van der Waals surface area contributed by atoms with E-state index in [-0.39, 0.29) is 0 Å². The standard InChI is InChI=1S/C14H17BrN2O2/c1-17(10-14(18)2-4-19-5-3-14)13-7-11(9-16)6-12(15)8-13/h6-8,18H,2-5,10H2,1H3. The summed E-state index contributed by atoms with van der Waals surface area (Å²) in [7, 11) is 1.93. The Morgan fingerprint density at radius 2 is 2.11 bits per heavy atom. The van der Waals surface area contributed by atoms with Crippen LogP contribution in [0.5, 0.6) is 0 Å². The lowest BCUT2D eigenvalue weighted by Gasteiger charge is -2.36. The molecule has 5 heteroatoms. The molecule has 102 valence electrons. The fraction of sp³-hybridized carbons (Fsp3) is 0.500. The Balaban J connectivity index is 2.13. The highest BCUT2D eigenvalue weighted by molar-refractivity contribution is 9.10. The van der Waals surface area contributed by atoms with Crippen LogP contribution in [0.25, 0.3) is 0 Å². The second-order valence-electron chi connectivity index (χ2n) is 5.00. The summed E-state index contributed by atoms with van der Waals surface area (Å²) in [5.41, 5.74) is 0.823. The van der Waals surface area contributed by atoms with Crippen LogP contribution in [0.15, 0.2) is 22.7 Å². The number of rotatable bonds is 3. The second-order valence-corrected chi connectivity index (χ2v) is 5.92. The van der Waals surface area contributed by atoms with Crippen molar-refractivity contribution in [3.05, 3.63) is 28.2 Å². The van der Waals surface area contributed by atoms with Gasteiger partial charge in [-0.3, -0.25) is 0 Å². The van der Waals surface area contributed by atoms with Crippen LogP contribution in [0.4, 0.5) is 5.69 Å². The highest BCUT2D eigenvalue weighted by Crippen LogP contribution is 2.26. The van der Waals surface area contributed by atoms with E-state index in [1.54, 1.807) is 6.07 Å². The summed E-state index contributed by atoms with van der Waals surface area (Å²) < 4.78 is 6.15. The molecule has 0 radical (unpaired) electrons. The maximum absolute atomic E-state index is 10.5. The first-order chi connectivity index (χ1) is 9.02. The number of halogens is 1. The van der Waals surface area contributed by atoms with Crippen molar-refractivity contribution in [2.45, 2.75) is 18.4 Å². The van der Waals surface area contributed by atoms with Crippen molar-refractivity contribution >= 4 is 21.6 Å². The Morgan fingerprint density at radius 3 is 2.74 bits per heavy atom. The molecule has 19 heavy (non-hydrogen) atoms. The maximum Gasteiger partial charge on any atom is 0.0992 e. The Hall–Kier alpha value is -1.09. The monoisotopic (exact) mass is 324 g/mol. The zero-order valence-electron chi connectivity index (χ0n) is 10.9. The van der Waals surface area contributed by atoms with Crippen LogP contribution in [0, 0.1) is 11.3 Å². The van der Waals surface area contributed by atoms with Crippen molar-refractivity contribution in [3.8, 4) is 6.07 Å². The van der Waals surface area contributed by atoms with E-state index in [9.17, 15) is 5.11 Å². The molecular weight excluding hydrogens is 308 g/mol. The Morgan fingerprint density at radius 1 is 1.42 bits per heavy atom. The summed E-state index contributed by atoms with van der Waals surface area (Å²) in [6.07, 6.45) is 1.30. The van der Waals surface area contributed by atoms with Gasteiger partial charge in [0.2, 0.25) is 0 Å². The highest BCUT2D eigenvalue weighted by atomic mass is 79.9. The van der Waals surface area contributed by atoms with Crippen LogP contribution < -0.4 is 4.90 Å². The molecule has 2 rings (SSSR count). The second kappa shape index (κ2) is 5.91. The largest absolute Gasteiger partial charge is 0.388 e. The first-order valence-electron chi connectivity index (χ1n) is 6.24. The molecule has 0 aliphatic carbocycles. The molecule has 0 aromatic heterocycles. The molecule has 1 aliphatic rings. The van der Waals surface area contributed by atoms with Crippen LogP contribution in [0.1, 0.15) is 18.4 Å². The van der Waals surface area contributed by atoms with E-state index in [1.807, 2.05) is 24.1 Å². The minimum Gasteiger partial charge on any atom is -0.388 e. The van der Waals surface area contributed by atoms with Crippen molar-refractivity contribution in [1.82, 2.24) is 0 Å². The zero-order valence-corrected chi connectivity index (χ0v) is 12.5. The van der Waals surface area contributed by atoms with Gasteiger partial charge in [-0.2, -0.15) is 5.26 Å². The summed E-state index contributed by atoms with van der Waals surface area (Å²) in [6.45, 7) is 1.75. The number of nitriles is 1. The zero-order chi connectivity index (χ0) is 13.9. The minimum atomic E-state index is -0.706. The lowest BCUT2D eigenvalue weighted by atomic mass is 9.93. The number of ether oxygens (including phenoxy) is 1. The van der Waals surface area contributed by atoms with E-state index in [1.165, 1.54) is 0 Å². The normalized spacial score (nSPS) is 17.8. The third kappa shape index (κ3) is 3.69. The molecule has 0 atom stereocenters. The van der Waals surface area contributed by atoms with Gasteiger partial charge in [-0.15, -0.1) is 0 Å². The van der Waals surface area contributed by atoms with Gasteiger partial charge in [-0.05, 0) is 18.2 Å². The van der Waals surface area contributed by atoms with E-state index < -0.39 is 5.60 Å². The van der Waals surface area contributed by atoms with Gasteiger partial charge in [-0.1, -0.05) is 15.9 Å². The van der Waals surface area contributed by atoms with Gasteiger partial charge >= 0.3 is 0 Å². The first-order valence-corrected chi connectivity index (χ1v) is 7.04. The van der Waals surface area contributed by atoms with Gasteiger partial charge in [0.15, 0.2) is 0 Å². The molecule has 0 unspecified atom stereocenters. The van der Waals surface area contributed by atoms with E-state index in [2.05, 4.69) is 22.0 Å². The summed E-state index contributed by atoms with van der Waals surface area (Å²) in [5.74, 6) is 0. The predicted octanol–water partition coefficient (Wildman–Crippen LogP) is 2.30. The third-order valence-electron chi connectivity index (χ3n) is 3.41. The molecule has 1 aromatic carbocycles. The average Bonchev–Trinajstić information content (AvgIpc) is 2.38. The van der Waals surface area contributed by atoms with E-state index >= 15 is 0 Å². The molecule has 1 aromatic rings. The molecule has 1 N–H and O–H groups in total. The van der Waals surface area contributed by atoms with E-state index in [0.29, 0.717) is 38.2 Å². The van der Waals surface area contributed by atoms with Crippen molar-refractivity contribution in [2.24, 2.45) is 0 Å². The molecule has 0 bridgehead atoms. The summed E-state index contributed by atoms with van der Waals surface area (Å²) in [4.78, 5) is 1.98. The Kier molecular flexibility index (Phi) is 4.46. The van der Waals surface area contributed by atoms with Crippen molar-refractivity contribution in [3.63, 3.8) is 0 Å². The van der Waals surface area contributed by atoms with Crippen LogP contribution in [0.2, 0.25) is 0 Å². The summed E-state index contributed by atoms with van der Waals surface area (Å²) >= 11 is 3.40. The molecule has 1 fully saturated rings. The number of benzene rings is 1. The first kappa shape index (κ1) is 14.3. The van der Waals surface area contributed by atoms with Crippen molar-refractivity contribution < 1.29 is 9.84 Å². The van der Waals surface area contributed by atoms with Gasteiger partial charge in [0.05, 0.1) is 17.2 Å². The van der Waals surface area contributed by atoms with Crippen LogP contribution in [-0.2, 0) is 4.74 Å². The number of likely N-dealkylation sites (N-methyl/N-ethyl adjacent to an activating group) is 1. The molecule has 1 aliphatic heterocycles. The number of anilines is 1. The molecular formula is C14H17BrN2O2. The quantitative estimate of drug-likeness (QED) is 0.926. The molecule has 4 nitrogen and oxygen atoms in total. The van der Waals surface area contributed by atoms with Gasteiger partial charge in [0.1, 0.15) is 0 Å². The average molecular weight is 325 g/mol. The molecule has 0 amide bonds. The summed E-state index contributed by atoms with van der Waals surface area (Å²) in [5, 5.41) is 19.5. The highest BCUT2D eigenvalue weighted by Gasteiger charge is 2.31. The third-order valence-corrected chi connectivity index (χ3v) is 3.87. The molecule has 1 heterocycles. The number of hydrogen-bond acceptors (Lipinski definition) is 4.